The normalized spacial score (nSPS) is 19.5. The molecule has 1 saturated heterocycles. The van der Waals surface area contributed by atoms with Crippen LogP contribution in [0, 0.1) is 5.41 Å². The van der Waals surface area contributed by atoms with E-state index in [0.717, 1.165) is 16.8 Å². The molecule has 1 fully saturated rings. The van der Waals surface area contributed by atoms with Crippen LogP contribution in [-0.4, -0.2) is 34.1 Å². The van der Waals surface area contributed by atoms with Gasteiger partial charge in [-0.2, -0.15) is 0 Å². The second kappa shape index (κ2) is 8.87. The van der Waals surface area contributed by atoms with Crippen molar-refractivity contribution in [3.63, 3.8) is 0 Å². The Bertz CT molecular complexity index is 1140. The Morgan fingerprint density at radius 2 is 1.64 bits per heavy atom. The first-order chi connectivity index (χ1) is 15.4. The van der Waals surface area contributed by atoms with Gasteiger partial charge in [0.15, 0.2) is 17.2 Å². The molecule has 6 N–H and O–H groups in total. The van der Waals surface area contributed by atoms with E-state index in [-0.39, 0.29) is 17.0 Å². The highest BCUT2D eigenvalue weighted by atomic mass is 16.2. The van der Waals surface area contributed by atoms with Crippen LogP contribution in [0.5, 0.6) is 0 Å². The fourth-order valence-corrected chi connectivity index (χ4v) is 3.23. The first-order valence-corrected chi connectivity index (χ1v) is 10.3. The largest absolute Gasteiger partial charge is 0.366 e. The lowest BCUT2D eigenvalue weighted by molar-refractivity contribution is -0.129. The van der Waals surface area contributed by atoms with E-state index < -0.39 is 35.1 Å². The molecule has 2 aromatic rings. The summed E-state index contributed by atoms with van der Waals surface area (Å²) in [5.41, 5.74) is 12.6. The predicted molar refractivity (Wildman–Crippen MR) is 124 cm³/mol. The minimum Gasteiger partial charge on any atom is -0.366 e. The molecule has 172 valence electrons. The third-order valence-electron chi connectivity index (χ3n) is 5.23. The van der Waals surface area contributed by atoms with Crippen LogP contribution in [0.15, 0.2) is 66.4 Å². The monoisotopic (exact) mass is 449 g/mol. The summed E-state index contributed by atoms with van der Waals surface area (Å²) < 4.78 is 0. The maximum Gasteiger partial charge on any atom is 0.271 e. The van der Waals surface area contributed by atoms with Gasteiger partial charge in [0.2, 0.25) is 0 Å². The molecule has 9 heteroatoms. The zero-order valence-electron chi connectivity index (χ0n) is 18.7. The third kappa shape index (κ3) is 4.93. The molecule has 33 heavy (non-hydrogen) atoms. The summed E-state index contributed by atoms with van der Waals surface area (Å²) >= 11 is 0. The lowest BCUT2D eigenvalue weighted by Gasteiger charge is -2.33. The minimum atomic E-state index is -2.02. The average molecular weight is 450 g/mol. The summed E-state index contributed by atoms with van der Waals surface area (Å²) in [6, 6.07) is 15.9. The van der Waals surface area contributed by atoms with Crippen molar-refractivity contribution < 1.29 is 19.2 Å². The van der Waals surface area contributed by atoms with Gasteiger partial charge in [0.1, 0.15) is 5.70 Å². The van der Waals surface area contributed by atoms with E-state index in [9.17, 15) is 19.2 Å². The second-order valence-electron chi connectivity index (χ2n) is 8.85. The molecule has 0 bridgehead atoms. The first kappa shape index (κ1) is 23.7. The average Bonchev–Trinajstić information content (AvgIpc) is 2.99. The molecule has 1 unspecified atom stereocenters. The highest BCUT2D eigenvalue weighted by Gasteiger charge is 2.51. The number of Topliss-reactive ketones (excluding diaryl/α,β-unsaturated/α-hetero) is 1. The number of primary amides is 1. The zero-order chi connectivity index (χ0) is 24.4. The molecule has 0 aliphatic carbocycles. The van der Waals surface area contributed by atoms with E-state index in [1.54, 1.807) is 45.0 Å². The molecule has 0 saturated carbocycles. The van der Waals surface area contributed by atoms with Crippen LogP contribution in [0.3, 0.4) is 0 Å². The predicted octanol–water partition coefficient (Wildman–Crippen LogP) is 1.99. The summed E-state index contributed by atoms with van der Waals surface area (Å²) in [5.74, 6) is -2.61. The number of carbonyl (C=O) groups is 4. The van der Waals surface area contributed by atoms with Gasteiger partial charge in [0.25, 0.3) is 11.8 Å². The number of nitrogens with two attached hydrogens (primary N) is 2. The van der Waals surface area contributed by atoms with Crippen molar-refractivity contribution in [3.05, 3.63) is 71.9 Å². The number of hydrogen-bond acceptors (Lipinski definition) is 7. The maximum atomic E-state index is 13.2. The van der Waals surface area contributed by atoms with Gasteiger partial charge in [-0.25, -0.2) is 0 Å². The Hall–Kier alpha value is -3.98. The van der Waals surface area contributed by atoms with Crippen LogP contribution in [-0.2, 0) is 14.4 Å². The van der Waals surface area contributed by atoms with E-state index in [2.05, 4.69) is 10.7 Å². The lowest BCUT2D eigenvalue weighted by Crippen LogP contribution is -2.65. The quantitative estimate of drug-likeness (QED) is 0.493. The van der Waals surface area contributed by atoms with Crippen LogP contribution < -0.4 is 22.2 Å². The van der Waals surface area contributed by atoms with E-state index in [1.165, 1.54) is 0 Å². The van der Waals surface area contributed by atoms with E-state index in [4.69, 9.17) is 11.5 Å². The van der Waals surface area contributed by atoms with Crippen molar-refractivity contribution in [2.75, 3.05) is 5.32 Å². The maximum absolute atomic E-state index is 13.2. The molecule has 1 atom stereocenters. The van der Waals surface area contributed by atoms with E-state index in [0.29, 0.717) is 5.69 Å². The van der Waals surface area contributed by atoms with Gasteiger partial charge < -0.3 is 11.1 Å². The molecule has 1 aliphatic heterocycles. The van der Waals surface area contributed by atoms with Gasteiger partial charge in [-0.1, -0.05) is 51.1 Å². The fourth-order valence-electron chi connectivity index (χ4n) is 3.23. The summed E-state index contributed by atoms with van der Waals surface area (Å²) in [7, 11) is 0. The SMILES string of the molecule is CC(C)(C)C(=O)C=C1C(=O)CC(N)(C(N)=O)N1NC(=O)c1ccccc1Nc1ccccc1. The second-order valence-corrected chi connectivity index (χ2v) is 8.85. The van der Waals surface area contributed by atoms with Crippen molar-refractivity contribution >= 4 is 34.8 Å². The zero-order valence-corrected chi connectivity index (χ0v) is 18.7. The van der Waals surface area contributed by atoms with Gasteiger partial charge in [-0.05, 0) is 24.3 Å². The highest BCUT2D eigenvalue weighted by Crippen LogP contribution is 2.30. The number of nitrogens with zero attached hydrogens (tertiary/aromatic N) is 1. The van der Waals surface area contributed by atoms with Crippen LogP contribution >= 0.6 is 0 Å². The lowest BCUT2D eigenvalue weighted by atomic mass is 9.90. The Morgan fingerprint density at radius 3 is 2.24 bits per heavy atom. The number of nitrogens with one attached hydrogen (secondary N) is 2. The van der Waals surface area contributed by atoms with Crippen LogP contribution in [0.1, 0.15) is 37.6 Å². The molecule has 2 amide bonds. The standard InChI is InChI=1S/C24H27N5O4/c1-23(2,3)20(31)13-18-19(30)14-24(26,22(25)33)29(18)28-21(32)16-11-7-8-12-17(16)27-15-9-5-4-6-10-15/h4-13,27H,14,26H2,1-3H3,(H2,25,33)(H,28,32). The number of para-hydroxylation sites is 2. The first-order valence-electron chi connectivity index (χ1n) is 10.3. The van der Waals surface area contributed by atoms with Gasteiger partial charge in [-0.3, -0.25) is 35.3 Å². The number of hydrogen-bond donors (Lipinski definition) is 4. The van der Waals surface area contributed by atoms with Crippen molar-refractivity contribution in [2.45, 2.75) is 32.9 Å². The molecule has 2 aromatic carbocycles. The molecule has 0 aromatic heterocycles. The molecule has 3 rings (SSSR count). The third-order valence-corrected chi connectivity index (χ3v) is 5.23. The number of benzene rings is 2. The summed E-state index contributed by atoms with van der Waals surface area (Å²) in [6.45, 7) is 5.05. The molecular weight excluding hydrogens is 422 g/mol. The van der Waals surface area contributed by atoms with Crippen LogP contribution in [0.25, 0.3) is 0 Å². The summed E-state index contributed by atoms with van der Waals surface area (Å²) in [5, 5.41) is 4.06. The molecule has 1 aliphatic rings. The minimum absolute atomic E-state index is 0.196. The van der Waals surface area contributed by atoms with Crippen molar-refractivity contribution in [1.29, 1.82) is 0 Å². The number of amides is 2. The number of anilines is 2. The summed E-state index contributed by atoms with van der Waals surface area (Å²) in [4.78, 5) is 50.6. The number of carbonyl (C=O) groups excluding carboxylic acids is 4. The fraction of sp³-hybridized carbons (Fsp3) is 0.250. The Kier molecular flexibility index (Phi) is 6.37. The number of hydrazine groups is 1. The van der Waals surface area contributed by atoms with Gasteiger partial charge >= 0.3 is 0 Å². The van der Waals surface area contributed by atoms with Crippen molar-refractivity contribution in [2.24, 2.45) is 16.9 Å². The Morgan fingerprint density at radius 1 is 1.03 bits per heavy atom. The van der Waals surface area contributed by atoms with Crippen LogP contribution in [0.2, 0.25) is 0 Å². The van der Waals surface area contributed by atoms with Gasteiger partial charge in [-0.15, -0.1) is 0 Å². The molecular formula is C24H27N5O4. The van der Waals surface area contributed by atoms with E-state index >= 15 is 0 Å². The van der Waals surface area contributed by atoms with Crippen LogP contribution in [0.4, 0.5) is 11.4 Å². The smallest absolute Gasteiger partial charge is 0.271 e. The summed E-state index contributed by atoms with van der Waals surface area (Å²) in [6.07, 6.45) is 0.615. The van der Waals surface area contributed by atoms with Gasteiger partial charge in [0.05, 0.1) is 17.7 Å². The van der Waals surface area contributed by atoms with E-state index in [1.807, 2.05) is 30.3 Å². The highest BCUT2D eigenvalue weighted by molar-refractivity contribution is 6.10. The number of allylic oxidation sites excluding steroid dienone is 2. The molecule has 9 nitrogen and oxygen atoms in total. The topological polar surface area (TPSA) is 148 Å². The van der Waals surface area contributed by atoms with Crippen molar-refractivity contribution in [3.8, 4) is 0 Å². The van der Waals surface area contributed by atoms with Gasteiger partial charge in [0, 0.05) is 17.2 Å². The molecule has 0 radical (unpaired) electrons. The Labute approximate surface area is 191 Å². The molecule has 0 spiro atoms. The number of rotatable bonds is 6. The Balaban J connectivity index is 1.97. The number of ketones is 2. The molecule has 1 heterocycles. The van der Waals surface area contributed by atoms with Crippen molar-refractivity contribution in [1.82, 2.24) is 10.4 Å².